The first-order valence-corrected chi connectivity index (χ1v) is 10.5. The molecular weight excluding hydrogens is 456 g/mol. The van der Waals surface area contributed by atoms with Gasteiger partial charge in [0.15, 0.2) is 0 Å². The van der Waals surface area contributed by atoms with Crippen LogP contribution in [0.1, 0.15) is 16.9 Å². The Morgan fingerprint density at radius 3 is 2.36 bits per heavy atom. The van der Waals surface area contributed by atoms with Crippen molar-refractivity contribution in [2.24, 2.45) is 0 Å². The summed E-state index contributed by atoms with van der Waals surface area (Å²) in [5.41, 5.74) is 2.18. The van der Waals surface area contributed by atoms with Gasteiger partial charge in [0.25, 0.3) is 11.6 Å². The average Bonchev–Trinajstić information content (AvgIpc) is 3.22. The zero-order valence-corrected chi connectivity index (χ0v) is 16.2. The van der Waals surface area contributed by atoms with Crippen molar-refractivity contribution in [1.29, 1.82) is 0 Å². The van der Waals surface area contributed by atoms with E-state index in [1.807, 2.05) is 11.8 Å². The van der Waals surface area contributed by atoms with Gasteiger partial charge in [0.2, 0.25) is 0 Å². The Kier molecular flexibility index (Phi) is 3.42. The Balaban J connectivity index is 1.81. The lowest BCUT2D eigenvalue weighted by Gasteiger charge is -2.45. The van der Waals surface area contributed by atoms with Crippen LogP contribution in [0.3, 0.4) is 0 Å². The van der Waals surface area contributed by atoms with E-state index in [2.05, 4.69) is 37.9 Å². The summed E-state index contributed by atoms with van der Waals surface area (Å²) in [5, 5.41) is 0. The molecule has 0 radical (unpaired) electrons. The maximum Gasteiger partial charge on any atom is 0.257 e. The highest BCUT2D eigenvalue weighted by Crippen LogP contribution is 2.65. The van der Waals surface area contributed by atoms with Crippen molar-refractivity contribution in [1.82, 2.24) is 0 Å². The van der Waals surface area contributed by atoms with Gasteiger partial charge in [0.05, 0.1) is 39.3 Å². The number of hydrogen-bond acceptors (Lipinski definition) is 6. The molecule has 3 aliphatic heterocycles. The number of hydrogen-bond donors (Lipinski definition) is 0. The lowest BCUT2D eigenvalue weighted by molar-refractivity contribution is -0.339. The van der Waals surface area contributed by atoms with Crippen molar-refractivity contribution >= 4 is 59.9 Å². The maximum absolute atomic E-state index is 6.17. The number of ether oxygens (including phenoxy) is 4. The second-order valence-electron chi connectivity index (χ2n) is 5.46. The quantitative estimate of drug-likeness (QED) is 0.538. The van der Waals surface area contributed by atoms with Gasteiger partial charge in [-0.1, -0.05) is 15.9 Å². The van der Waals surface area contributed by atoms with E-state index in [9.17, 15) is 0 Å². The molecule has 22 heavy (non-hydrogen) atoms. The van der Waals surface area contributed by atoms with E-state index in [-0.39, 0.29) is 0 Å². The Morgan fingerprint density at radius 2 is 1.68 bits per heavy atom. The van der Waals surface area contributed by atoms with Crippen molar-refractivity contribution in [2.45, 2.75) is 22.2 Å². The van der Waals surface area contributed by atoms with E-state index in [0.29, 0.717) is 30.6 Å². The molecule has 4 aliphatic rings. The summed E-state index contributed by atoms with van der Waals surface area (Å²) in [6.45, 7) is 2.22. The first-order chi connectivity index (χ1) is 10.7. The van der Waals surface area contributed by atoms with Crippen LogP contribution in [0.15, 0.2) is 15.4 Å². The van der Waals surface area contributed by atoms with Gasteiger partial charge in [-0.2, -0.15) is 0 Å². The minimum atomic E-state index is -0.974. The molecule has 0 amide bonds. The molecule has 4 heterocycles. The van der Waals surface area contributed by atoms with Crippen molar-refractivity contribution in [2.75, 3.05) is 26.4 Å². The highest BCUT2D eigenvalue weighted by atomic mass is 79.9. The molecule has 2 saturated heterocycles. The first kappa shape index (κ1) is 14.9. The monoisotopic (exact) mass is 466 g/mol. The van der Waals surface area contributed by atoms with Crippen LogP contribution in [0, 0.1) is 0 Å². The fourth-order valence-corrected chi connectivity index (χ4v) is 7.49. The predicted octanol–water partition coefficient (Wildman–Crippen LogP) is 4.04. The Bertz CT molecular complexity index is 674. The third-order valence-electron chi connectivity index (χ3n) is 4.37. The largest absolute Gasteiger partial charge is 0.339 e. The van der Waals surface area contributed by atoms with E-state index in [1.54, 1.807) is 11.3 Å². The molecule has 2 fully saturated rings. The van der Waals surface area contributed by atoms with E-state index in [1.165, 1.54) is 9.78 Å². The molecule has 0 saturated carbocycles. The Labute approximate surface area is 152 Å². The molecule has 1 aliphatic carbocycles. The molecule has 0 N–H and O–H groups in total. The molecule has 1 aromatic heterocycles. The molecule has 4 nitrogen and oxygen atoms in total. The van der Waals surface area contributed by atoms with Crippen LogP contribution in [-0.4, -0.2) is 36.4 Å². The zero-order chi connectivity index (χ0) is 14.9. The van der Waals surface area contributed by atoms with Crippen LogP contribution in [0.5, 0.6) is 0 Å². The fraction of sp³-hybridized carbons (Fsp3) is 0.571. The van der Waals surface area contributed by atoms with Crippen molar-refractivity contribution in [3.63, 3.8) is 0 Å². The van der Waals surface area contributed by atoms with E-state index in [0.717, 1.165) is 21.3 Å². The van der Waals surface area contributed by atoms with Gasteiger partial charge in [0.1, 0.15) is 0 Å². The van der Waals surface area contributed by atoms with Gasteiger partial charge in [-0.3, -0.25) is 0 Å². The van der Waals surface area contributed by atoms with E-state index < -0.39 is 11.6 Å². The first-order valence-electron chi connectivity index (χ1n) is 7.07. The fourth-order valence-electron chi connectivity index (χ4n) is 3.65. The minimum absolute atomic E-state index is 0.326. The number of rotatable bonds is 0. The zero-order valence-electron chi connectivity index (χ0n) is 11.4. The summed E-state index contributed by atoms with van der Waals surface area (Å²) in [5.74, 6) is -1.92. The number of thioether (sulfide) groups is 1. The molecule has 1 atom stereocenters. The maximum atomic E-state index is 6.17. The Hall–Kier alpha value is 0.590. The molecule has 1 aromatic rings. The lowest BCUT2D eigenvalue weighted by atomic mass is 9.84. The van der Waals surface area contributed by atoms with Crippen LogP contribution in [0.25, 0.3) is 4.91 Å². The van der Waals surface area contributed by atoms with Crippen molar-refractivity contribution in [3.8, 4) is 0 Å². The SMILES string of the molecule is Brc1cc2c(s1)C1=C(CC(Br)S1)C1(OCCO1)C21OCCO1. The van der Waals surface area contributed by atoms with Gasteiger partial charge in [-0.15, -0.1) is 23.1 Å². The molecular formula is C14H12Br2O4S2. The Morgan fingerprint density at radius 1 is 1.05 bits per heavy atom. The average molecular weight is 468 g/mol. The smallest absolute Gasteiger partial charge is 0.257 e. The second-order valence-corrected chi connectivity index (χ2v) is 10.8. The standard InChI is InChI=1S/C14H12Br2O4S2/c15-9-5-7-11(21-9)12-8(6-10(16)22-12)14(19-3-4-20-14)13(7)17-1-2-18-13/h5,10H,1-4,6H2. The van der Waals surface area contributed by atoms with E-state index in [4.69, 9.17) is 18.9 Å². The summed E-state index contributed by atoms with van der Waals surface area (Å²) in [6, 6.07) is 2.09. The molecule has 2 spiro atoms. The molecule has 1 unspecified atom stereocenters. The summed E-state index contributed by atoms with van der Waals surface area (Å²) in [7, 11) is 0. The van der Waals surface area contributed by atoms with E-state index >= 15 is 0 Å². The third-order valence-corrected chi connectivity index (χ3v) is 8.14. The van der Waals surface area contributed by atoms with Crippen LogP contribution < -0.4 is 0 Å². The highest BCUT2D eigenvalue weighted by molar-refractivity contribution is 9.11. The van der Waals surface area contributed by atoms with Gasteiger partial charge in [-0.25, -0.2) is 0 Å². The molecule has 118 valence electrons. The molecule has 0 bridgehead atoms. The lowest BCUT2D eigenvalue weighted by Crippen LogP contribution is -2.56. The van der Waals surface area contributed by atoms with Gasteiger partial charge in [-0.05, 0) is 28.4 Å². The summed E-state index contributed by atoms with van der Waals surface area (Å²) < 4.78 is 26.1. The normalized spacial score (nSPS) is 31.3. The number of alkyl halides is 1. The summed E-state index contributed by atoms with van der Waals surface area (Å²) in [4.78, 5) is 2.46. The van der Waals surface area contributed by atoms with Crippen molar-refractivity contribution < 1.29 is 18.9 Å². The molecule has 8 heteroatoms. The molecule has 0 aromatic carbocycles. The van der Waals surface area contributed by atoms with Gasteiger partial charge >= 0.3 is 0 Å². The number of halogens is 2. The van der Waals surface area contributed by atoms with Crippen molar-refractivity contribution in [3.05, 3.63) is 25.9 Å². The van der Waals surface area contributed by atoms with Crippen LogP contribution in [0.4, 0.5) is 0 Å². The van der Waals surface area contributed by atoms with Crippen LogP contribution >= 0.6 is 55.0 Å². The van der Waals surface area contributed by atoms with Gasteiger partial charge in [0, 0.05) is 16.0 Å². The highest BCUT2D eigenvalue weighted by Gasteiger charge is 2.68. The predicted molar refractivity (Wildman–Crippen MR) is 92.1 cm³/mol. The van der Waals surface area contributed by atoms with Gasteiger partial charge < -0.3 is 18.9 Å². The van der Waals surface area contributed by atoms with Crippen LogP contribution in [-0.2, 0) is 24.7 Å². The summed E-state index contributed by atoms with van der Waals surface area (Å²) in [6.07, 6.45) is 0.865. The third kappa shape index (κ3) is 1.73. The number of thiophene rings is 1. The minimum Gasteiger partial charge on any atom is -0.339 e. The topological polar surface area (TPSA) is 36.9 Å². The molecule has 5 rings (SSSR count). The summed E-state index contributed by atoms with van der Waals surface area (Å²) >= 11 is 10.9. The number of fused-ring (bicyclic) bond motifs is 5. The second kappa shape index (κ2) is 5.05. The van der Waals surface area contributed by atoms with Crippen LogP contribution in [0.2, 0.25) is 0 Å².